The predicted molar refractivity (Wildman–Crippen MR) is 136 cm³/mol. The van der Waals surface area contributed by atoms with Gasteiger partial charge in [0.05, 0.1) is 17.2 Å². The van der Waals surface area contributed by atoms with Gasteiger partial charge < -0.3 is 15.3 Å². The quantitative estimate of drug-likeness (QED) is 0.447. The van der Waals surface area contributed by atoms with Gasteiger partial charge in [-0.1, -0.05) is 24.3 Å². The SMILES string of the molecule is C[C@](O)(CN1CCN(c2ccc(-c3ccc(F)cc3)cc2)CC1)C(=O)Nc1ccc(C#N)c(C(F)(F)F)c1. The number of alkyl halides is 3. The first-order chi connectivity index (χ1) is 18.0. The van der Waals surface area contributed by atoms with Crippen LogP contribution < -0.4 is 10.2 Å². The van der Waals surface area contributed by atoms with Crippen LogP contribution in [-0.2, 0) is 11.0 Å². The van der Waals surface area contributed by atoms with Crippen LogP contribution in [0.25, 0.3) is 11.1 Å². The molecule has 1 amide bonds. The van der Waals surface area contributed by atoms with Gasteiger partial charge in [0.1, 0.15) is 5.82 Å². The summed E-state index contributed by atoms with van der Waals surface area (Å²) < 4.78 is 52.8. The van der Waals surface area contributed by atoms with Crippen LogP contribution in [0.1, 0.15) is 18.1 Å². The maximum atomic E-state index is 13.2. The Kier molecular flexibility index (Phi) is 7.71. The van der Waals surface area contributed by atoms with E-state index in [4.69, 9.17) is 5.26 Å². The average Bonchev–Trinajstić information content (AvgIpc) is 2.89. The van der Waals surface area contributed by atoms with Crippen molar-refractivity contribution in [2.75, 3.05) is 42.9 Å². The van der Waals surface area contributed by atoms with Crippen LogP contribution in [0, 0.1) is 17.1 Å². The van der Waals surface area contributed by atoms with Gasteiger partial charge in [-0.05, 0) is 60.5 Å². The Bertz CT molecular complexity index is 1320. The van der Waals surface area contributed by atoms with E-state index < -0.39 is 28.8 Å². The molecule has 0 saturated carbocycles. The van der Waals surface area contributed by atoms with Gasteiger partial charge in [0.25, 0.3) is 5.91 Å². The third kappa shape index (κ3) is 6.30. The lowest BCUT2D eigenvalue weighted by atomic mass is 10.0. The number of β-amino-alcohol motifs (C(OH)–C–C–N with tert-alkyl or cyclic N) is 1. The normalized spacial score (nSPS) is 16.0. The second-order valence-corrected chi connectivity index (χ2v) is 9.41. The van der Waals surface area contributed by atoms with E-state index in [9.17, 15) is 27.5 Å². The Hall–Kier alpha value is -3.94. The van der Waals surface area contributed by atoms with Crippen LogP contribution in [0.2, 0.25) is 0 Å². The average molecular weight is 527 g/mol. The molecular weight excluding hydrogens is 500 g/mol. The van der Waals surface area contributed by atoms with Crippen LogP contribution in [0.15, 0.2) is 66.7 Å². The Morgan fingerprint density at radius 2 is 1.55 bits per heavy atom. The lowest BCUT2D eigenvalue weighted by molar-refractivity contribution is -0.138. The van der Waals surface area contributed by atoms with E-state index in [2.05, 4.69) is 10.2 Å². The van der Waals surface area contributed by atoms with Gasteiger partial charge in [-0.25, -0.2) is 4.39 Å². The second kappa shape index (κ2) is 10.8. The molecule has 0 unspecified atom stereocenters. The molecular formula is C28H26F4N4O2. The van der Waals surface area contributed by atoms with Crippen LogP contribution in [0.5, 0.6) is 0 Å². The fourth-order valence-corrected chi connectivity index (χ4v) is 4.40. The maximum Gasteiger partial charge on any atom is 0.417 e. The monoisotopic (exact) mass is 526 g/mol. The predicted octanol–water partition coefficient (Wildman–Crippen LogP) is 4.89. The van der Waals surface area contributed by atoms with Crippen molar-refractivity contribution >= 4 is 17.3 Å². The van der Waals surface area contributed by atoms with Gasteiger partial charge in [-0.2, -0.15) is 18.4 Å². The lowest BCUT2D eigenvalue weighted by Gasteiger charge is -2.38. The number of piperazine rings is 1. The first-order valence-corrected chi connectivity index (χ1v) is 11.9. The summed E-state index contributed by atoms with van der Waals surface area (Å²) in [5.74, 6) is -1.13. The zero-order valence-corrected chi connectivity index (χ0v) is 20.6. The Labute approximate surface area is 217 Å². The lowest BCUT2D eigenvalue weighted by Crippen LogP contribution is -2.54. The van der Waals surface area contributed by atoms with Gasteiger partial charge in [-0.15, -0.1) is 0 Å². The van der Waals surface area contributed by atoms with Crippen LogP contribution in [0.3, 0.4) is 0 Å². The van der Waals surface area contributed by atoms with E-state index >= 15 is 0 Å². The maximum absolute atomic E-state index is 13.2. The molecule has 3 aromatic rings. The Balaban J connectivity index is 1.33. The van der Waals surface area contributed by atoms with Gasteiger partial charge in [0.2, 0.25) is 0 Å². The fourth-order valence-electron chi connectivity index (χ4n) is 4.40. The first kappa shape index (κ1) is 27.1. The molecule has 1 aliphatic rings. The number of anilines is 2. The number of carbonyl (C=O) groups excluding carboxylic acids is 1. The molecule has 4 rings (SSSR count). The van der Waals surface area contributed by atoms with Crippen molar-refractivity contribution in [3.05, 3.63) is 83.7 Å². The smallest absolute Gasteiger partial charge is 0.379 e. The summed E-state index contributed by atoms with van der Waals surface area (Å²) in [4.78, 5) is 16.8. The number of amides is 1. The van der Waals surface area contributed by atoms with E-state index in [0.717, 1.165) is 22.9 Å². The summed E-state index contributed by atoms with van der Waals surface area (Å²) in [7, 11) is 0. The van der Waals surface area contributed by atoms with Crippen molar-refractivity contribution in [1.82, 2.24) is 4.90 Å². The van der Waals surface area contributed by atoms with Crippen molar-refractivity contribution in [1.29, 1.82) is 5.26 Å². The third-order valence-electron chi connectivity index (χ3n) is 6.51. The fraction of sp³-hybridized carbons (Fsp3) is 0.286. The highest BCUT2D eigenvalue weighted by molar-refractivity contribution is 5.97. The molecule has 0 spiro atoms. The number of halogens is 4. The number of nitrogens with zero attached hydrogens (tertiary/aromatic N) is 3. The molecule has 0 bridgehead atoms. The molecule has 1 heterocycles. The highest BCUT2D eigenvalue weighted by Crippen LogP contribution is 2.34. The summed E-state index contributed by atoms with van der Waals surface area (Å²) in [5.41, 5.74) is -0.815. The van der Waals surface area contributed by atoms with Crippen molar-refractivity contribution in [3.63, 3.8) is 0 Å². The molecule has 1 aliphatic heterocycles. The summed E-state index contributed by atoms with van der Waals surface area (Å²) in [6.07, 6.45) is -4.75. The number of carbonyl (C=O) groups is 1. The Morgan fingerprint density at radius 3 is 2.11 bits per heavy atom. The first-order valence-electron chi connectivity index (χ1n) is 11.9. The molecule has 1 saturated heterocycles. The van der Waals surface area contributed by atoms with Crippen molar-refractivity contribution in [2.45, 2.75) is 18.7 Å². The number of rotatable bonds is 6. The van der Waals surface area contributed by atoms with E-state index in [-0.39, 0.29) is 18.0 Å². The number of nitriles is 1. The summed E-state index contributed by atoms with van der Waals surface area (Å²) in [5, 5.41) is 22.1. The zero-order valence-electron chi connectivity index (χ0n) is 20.6. The van der Waals surface area contributed by atoms with E-state index in [0.29, 0.717) is 32.2 Å². The summed E-state index contributed by atoms with van der Waals surface area (Å²) in [6, 6.07) is 18.6. The molecule has 3 aromatic carbocycles. The topological polar surface area (TPSA) is 79.6 Å². The van der Waals surface area contributed by atoms with Crippen molar-refractivity contribution < 1.29 is 27.5 Å². The number of hydrogen-bond donors (Lipinski definition) is 2. The minimum Gasteiger partial charge on any atom is -0.379 e. The second-order valence-electron chi connectivity index (χ2n) is 9.41. The minimum atomic E-state index is -4.75. The van der Waals surface area contributed by atoms with E-state index in [1.54, 1.807) is 12.1 Å². The summed E-state index contributed by atoms with van der Waals surface area (Å²) >= 11 is 0. The van der Waals surface area contributed by atoms with Crippen LogP contribution >= 0.6 is 0 Å². The van der Waals surface area contributed by atoms with Gasteiger partial charge in [0, 0.05) is 44.1 Å². The van der Waals surface area contributed by atoms with E-state index in [1.807, 2.05) is 29.2 Å². The van der Waals surface area contributed by atoms with Gasteiger partial charge in [0.15, 0.2) is 5.60 Å². The van der Waals surface area contributed by atoms with Gasteiger partial charge in [-0.3, -0.25) is 9.69 Å². The van der Waals surface area contributed by atoms with Gasteiger partial charge >= 0.3 is 6.18 Å². The standard InChI is InChI=1S/C28H26F4N4O2/c1-27(38,26(37)34-23-9-4-21(17-33)25(16-23)28(30,31)32)18-35-12-14-36(15-13-35)24-10-5-20(6-11-24)19-2-7-22(29)8-3-19/h2-11,16,38H,12-15,18H2,1H3,(H,34,37)/t27-/m0/s1. The van der Waals surface area contributed by atoms with Crippen LogP contribution in [0.4, 0.5) is 28.9 Å². The Morgan fingerprint density at radius 1 is 0.974 bits per heavy atom. The molecule has 0 aromatic heterocycles. The molecule has 1 atom stereocenters. The molecule has 6 nitrogen and oxygen atoms in total. The molecule has 0 aliphatic carbocycles. The number of aliphatic hydroxyl groups is 1. The molecule has 198 valence electrons. The molecule has 0 radical (unpaired) electrons. The highest BCUT2D eigenvalue weighted by atomic mass is 19.4. The molecule has 10 heteroatoms. The third-order valence-corrected chi connectivity index (χ3v) is 6.51. The minimum absolute atomic E-state index is 0.00140. The highest BCUT2D eigenvalue weighted by Gasteiger charge is 2.36. The molecule has 1 fully saturated rings. The van der Waals surface area contributed by atoms with Crippen LogP contribution in [-0.4, -0.2) is 54.2 Å². The largest absolute Gasteiger partial charge is 0.417 e. The zero-order chi connectivity index (χ0) is 27.5. The molecule has 2 N–H and O–H groups in total. The molecule has 38 heavy (non-hydrogen) atoms. The summed E-state index contributed by atoms with van der Waals surface area (Å²) in [6.45, 7) is 3.75. The van der Waals surface area contributed by atoms with Crippen molar-refractivity contribution in [3.8, 4) is 17.2 Å². The van der Waals surface area contributed by atoms with E-state index in [1.165, 1.54) is 31.2 Å². The number of nitrogens with one attached hydrogen (secondary N) is 1. The van der Waals surface area contributed by atoms with Crippen molar-refractivity contribution in [2.24, 2.45) is 0 Å². The number of benzene rings is 3. The number of hydrogen-bond acceptors (Lipinski definition) is 5.